The number of allylic oxidation sites excluding steroid dienone is 1. The minimum atomic E-state index is 0.714. The van der Waals surface area contributed by atoms with Crippen molar-refractivity contribution in [1.82, 2.24) is 5.32 Å². The number of hydrogen-bond acceptors (Lipinski definition) is 2. The Labute approximate surface area is 126 Å². The molecule has 0 unspecified atom stereocenters. The van der Waals surface area contributed by atoms with Crippen LogP contribution in [-0.4, -0.2) is 13.1 Å². The SMILES string of the molecule is C(=C\C1CCNCC1)/c1ccc(Oc2ccccc2)cc1. The Kier molecular flexibility index (Phi) is 4.70. The Morgan fingerprint density at radius 2 is 1.52 bits per heavy atom. The van der Waals surface area contributed by atoms with Crippen LogP contribution >= 0.6 is 0 Å². The summed E-state index contributed by atoms with van der Waals surface area (Å²) in [5, 5.41) is 3.39. The molecule has 2 nitrogen and oxygen atoms in total. The molecule has 3 rings (SSSR count). The Bertz CT molecular complexity index is 568. The maximum Gasteiger partial charge on any atom is 0.127 e. The number of rotatable bonds is 4. The third-order valence-corrected chi connectivity index (χ3v) is 3.80. The van der Waals surface area contributed by atoms with Crippen molar-refractivity contribution in [3.8, 4) is 11.5 Å². The van der Waals surface area contributed by atoms with Crippen molar-refractivity contribution in [2.75, 3.05) is 13.1 Å². The molecule has 0 atom stereocenters. The molecule has 2 aromatic rings. The van der Waals surface area contributed by atoms with Crippen LogP contribution in [0.15, 0.2) is 60.7 Å². The van der Waals surface area contributed by atoms with Gasteiger partial charge in [-0.3, -0.25) is 0 Å². The second kappa shape index (κ2) is 7.09. The van der Waals surface area contributed by atoms with E-state index in [1.54, 1.807) is 0 Å². The predicted molar refractivity (Wildman–Crippen MR) is 87.6 cm³/mol. The third kappa shape index (κ3) is 4.20. The summed E-state index contributed by atoms with van der Waals surface area (Å²) in [5.41, 5.74) is 1.23. The van der Waals surface area contributed by atoms with Crippen LogP contribution in [0.3, 0.4) is 0 Å². The van der Waals surface area contributed by atoms with E-state index in [1.165, 1.54) is 18.4 Å². The van der Waals surface area contributed by atoms with Gasteiger partial charge in [0.15, 0.2) is 0 Å². The van der Waals surface area contributed by atoms with E-state index in [-0.39, 0.29) is 0 Å². The Morgan fingerprint density at radius 3 is 2.24 bits per heavy atom. The molecule has 1 aliphatic rings. The highest BCUT2D eigenvalue weighted by Gasteiger charge is 2.08. The van der Waals surface area contributed by atoms with E-state index in [0.717, 1.165) is 24.6 Å². The lowest BCUT2D eigenvalue weighted by Gasteiger charge is -2.19. The van der Waals surface area contributed by atoms with Gasteiger partial charge < -0.3 is 10.1 Å². The first-order chi connectivity index (χ1) is 10.4. The number of ether oxygens (including phenoxy) is 1. The molecule has 0 aromatic heterocycles. The summed E-state index contributed by atoms with van der Waals surface area (Å²) in [7, 11) is 0. The summed E-state index contributed by atoms with van der Waals surface area (Å²) in [6, 6.07) is 18.1. The zero-order valence-electron chi connectivity index (χ0n) is 12.2. The number of hydrogen-bond donors (Lipinski definition) is 1. The Balaban J connectivity index is 1.60. The first-order valence-corrected chi connectivity index (χ1v) is 7.62. The number of nitrogens with one attached hydrogen (secondary N) is 1. The van der Waals surface area contributed by atoms with E-state index in [2.05, 4.69) is 29.6 Å². The lowest BCUT2D eigenvalue weighted by Crippen LogP contribution is -2.26. The van der Waals surface area contributed by atoms with Crippen LogP contribution in [0.25, 0.3) is 6.08 Å². The Hall–Kier alpha value is -2.06. The fraction of sp³-hybridized carbons (Fsp3) is 0.263. The summed E-state index contributed by atoms with van der Waals surface area (Å²) in [5.74, 6) is 2.46. The van der Waals surface area contributed by atoms with Crippen LogP contribution in [-0.2, 0) is 0 Å². The summed E-state index contributed by atoms with van der Waals surface area (Å²) < 4.78 is 5.80. The average molecular weight is 279 g/mol. The monoisotopic (exact) mass is 279 g/mol. The molecule has 0 amide bonds. The quantitative estimate of drug-likeness (QED) is 0.890. The van der Waals surface area contributed by atoms with Crippen LogP contribution in [0.1, 0.15) is 18.4 Å². The normalized spacial score (nSPS) is 16.2. The fourth-order valence-corrected chi connectivity index (χ4v) is 2.56. The average Bonchev–Trinajstić information content (AvgIpc) is 2.56. The van der Waals surface area contributed by atoms with Crippen LogP contribution in [0, 0.1) is 5.92 Å². The molecule has 0 aliphatic carbocycles. The van der Waals surface area contributed by atoms with Gasteiger partial charge in [0.25, 0.3) is 0 Å². The van der Waals surface area contributed by atoms with Gasteiger partial charge in [0, 0.05) is 0 Å². The first-order valence-electron chi connectivity index (χ1n) is 7.62. The molecule has 0 bridgehead atoms. The minimum absolute atomic E-state index is 0.714. The first kappa shape index (κ1) is 13.9. The molecule has 1 aliphatic heterocycles. The van der Waals surface area contributed by atoms with Crippen LogP contribution in [0.5, 0.6) is 11.5 Å². The van der Waals surface area contributed by atoms with E-state index >= 15 is 0 Å². The molecule has 2 heteroatoms. The molecular weight excluding hydrogens is 258 g/mol. The Morgan fingerprint density at radius 1 is 0.857 bits per heavy atom. The molecular formula is C19H21NO. The second-order valence-corrected chi connectivity index (χ2v) is 5.43. The van der Waals surface area contributed by atoms with Crippen molar-refractivity contribution in [2.45, 2.75) is 12.8 Å². The number of piperidine rings is 1. The molecule has 2 aromatic carbocycles. The largest absolute Gasteiger partial charge is 0.457 e. The van der Waals surface area contributed by atoms with E-state index in [1.807, 2.05) is 42.5 Å². The van der Waals surface area contributed by atoms with Crippen molar-refractivity contribution in [2.24, 2.45) is 5.92 Å². The van der Waals surface area contributed by atoms with Crippen molar-refractivity contribution >= 4 is 6.08 Å². The standard InChI is InChI=1S/C19H21NO/c1-2-4-18(5-3-1)21-19-10-8-16(9-11-19)6-7-17-12-14-20-15-13-17/h1-11,17,20H,12-15H2/b7-6+. The van der Waals surface area contributed by atoms with E-state index in [9.17, 15) is 0 Å². The van der Waals surface area contributed by atoms with Gasteiger partial charge in [0.1, 0.15) is 11.5 Å². The highest BCUT2D eigenvalue weighted by Crippen LogP contribution is 2.22. The van der Waals surface area contributed by atoms with Crippen molar-refractivity contribution in [3.05, 3.63) is 66.2 Å². The van der Waals surface area contributed by atoms with Crippen LogP contribution < -0.4 is 10.1 Å². The molecule has 1 N–H and O–H groups in total. The molecule has 0 spiro atoms. The van der Waals surface area contributed by atoms with Crippen molar-refractivity contribution < 1.29 is 4.74 Å². The lowest BCUT2D eigenvalue weighted by molar-refractivity contribution is 0.438. The van der Waals surface area contributed by atoms with Gasteiger partial charge in [0.2, 0.25) is 0 Å². The summed E-state index contributed by atoms with van der Waals surface area (Å²) in [4.78, 5) is 0. The van der Waals surface area contributed by atoms with E-state index < -0.39 is 0 Å². The zero-order chi connectivity index (χ0) is 14.3. The number of para-hydroxylation sites is 1. The number of benzene rings is 2. The third-order valence-electron chi connectivity index (χ3n) is 3.80. The lowest BCUT2D eigenvalue weighted by atomic mass is 9.97. The molecule has 1 heterocycles. The van der Waals surface area contributed by atoms with Crippen LogP contribution in [0.4, 0.5) is 0 Å². The molecule has 21 heavy (non-hydrogen) atoms. The summed E-state index contributed by atoms with van der Waals surface area (Å²) >= 11 is 0. The molecule has 1 saturated heterocycles. The smallest absolute Gasteiger partial charge is 0.127 e. The molecule has 0 radical (unpaired) electrons. The van der Waals surface area contributed by atoms with Crippen molar-refractivity contribution in [1.29, 1.82) is 0 Å². The van der Waals surface area contributed by atoms with Gasteiger partial charge in [-0.25, -0.2) is 0 Å². The second-order valence-electron chi connectivity index (χ2n) is 5.43. The van der Waals surface area contributed by atoms with Crippen molar-refractivity contribution in [3.63, 3.8) is 0 Å². The summed E-state index contributed by atoms with van der Waals surface area (Å²) in [6.45, 7) is 2.28. The van der Waals surface area contributed by atoms with Gasteiger partial charge in [-0.05, 0) is 61.7 Å². The maximum absolute atomic E-state index is 5.80. The highest BCUT2D eigenvalue weighted by atomic mass is 16.5. The maximum atomic E-state index is 5.80. The molecule has 0 saturated carbocycles. The van der Waals surface area contributed by atoms with Gasteiger partial charge >= 0.3 is 0 Å². The molecule has 108 valence electrons. The minimum Gasteiger partial charge on any atom is -0.457 e. The fourth-order valence-electron chi connectivity index (χ4n) is 2.56. The van der Waals surface area contributed by atoms with E-state index in [4.69, 9.17) is 4.74 Å². The molecule has 1 fully saturated rings. The highest BCUT2D eigenvalue weighted by molar-refractivity contribution is 5.51. The van der Waals surface area contributed by atoms with Gasteiger partial charge in [-0.2, -0.15) is 0 Å². The van der Waals surface area contributed by atoms with Gasteiger partial charge in [-0.15, -0.1) is 0 Å². The zero-order valence-corrected chi connectivity index (χ0v) is 12.2. The topological polar surface area (TPSA) is 21.3 Å². The van der Waals surface area contributed by atoms with Gasteiger partial charge in [0.05, 0.1) is 0 Å². The summed E-state index contributed by atoms with van der Waals surface area (Å²) in [6.07, 6.45) is 7.05. The van der Waals surface area contributed by atoms with E-state index in [0.29, 0.717) is 5.92 Å². The van der Waals surface area contributed by atoms with Crippen LogP contribution in [0.2, 0.25) is 0 Å². The van der Waals surface area contributed by atoms with Gasteiger partial charge in [-0.1, -0.05) is 42.5 Å². The predicted octanol–water partition coefficient (Wildman–Crippen LogP) is 4.49.